The summed E-state index contributed by atoms with van der Waals surface area (Å²) in [6.07, 6.45) is 9.72. The lowest BCUT2D eigenvalue weighted by atomic mass is 9.68. The fraction of sp³-hybridized carbons (Fsp3) is 0.846. The summed E-state index contributed by atoms with van der Waals surface area (Å²) in [5.74, 6) is 2.87. The van der Waals surface area contributed by atoms with Crippen LogP contribution < -0.4 is 5.32 Å². The van der Waals surface area contributed by atoms with Crippen molar-refractivity contribution in [3.63, 3.8) is 0 Å². The van der Waals surface area contributed by atoms with Gasteiger partial charge in [0.05, 0.1) is 7.85 Å². The summed E-state index contributed by atoms with van der Waals surface area (Å²) >= 11 is 0. The molecular weight excluding hydrogens is 181 g/mol. The Bertz CT molecular complexity index is 221. The standard InChI is InChI=1S/C13H22BN/c1-10(8-15-9-11-5-6-11)12-3-2-4-13(14)7-12/h5-6,10-13,15H,2-4,7-9H2,1H3. The van der Waals surface area contributed by atoms with Crippen molar-refractivity contribution in [3.8, 4) is 0 Å². The molecule has 82 valence electrons. The summed E-state index contributed by atoms with van der Waals surface area (Å²) in [4.78, 5) is 0. The molecule has 1 fully saturated rings. The maximum atomic E-state index is 6.02. The maximum Gasteiger partial charge on any atom is 0.0699 e. The normalized spacial score (nSPS) is 32.9. The van der Waals surface area contributed by atoms with E-state index < -0.39 is 0 Å². The molecule has 1 nitrogen and oxygen atoms in total. The molecule has 2 aliphatic carbocycles. The van der Waals surface area contributed by atoms with E-state index >= 15 is 0 Å². The van der Waals surface area contributed by atoms with Crippen LogP contribution in [0.2, 0.25) is 5.82 Å². The van der Waals surface area contributed by atoms with E-state index in [2.05, 4.69) is 24.4 Å². The van der Waals surface area contributed by atoms with Crippen molar-refractivity contribution < 1.29 is 0 Å². The van der Waals surface area contributed by atoms with Crippen molar-refractivity contribution in [1.29, 1.82) is 0 Å². The molecular formula is C13H22BN. The second-order valence-electron chi connectivity index (χ2n) is 5.37. The molecule has 0 aromatic rings. The van der Waals surface area contributed by atoms with E-state index in [0.29, 0.717) is 5.82 Å². The Morgan fingerprint density at radius 2 is 2.20 bits per heavy atom. The molecule has 15 heavy (non-hydrogen) atoms. The zero-order valence-corrected chi connectivity index (χ0v) is 9.78. The molecule has 3 unspecified atom stereocenters. The molecule has 0 bridgehead atoms. The first-order valence-electron chi connectivity index (χ1n) is 6.40. The highest BCUT2D eigenvalue weighted by atomic mass is 14.9. The second-order valence-corrected chi connectivity index (χ2v) is 5.37. The fourth-order valence-corrected chi connectivity index (χ4v) is 2.64. The fourth-order valence-electron chi connectivity index (χ4n) is 2.64. The molecule has 1 saturated carbocycles. The van der Waals surface area contributed by atoms with Crippen LogP contribution in [0, 0.1) is 17.8 Å². The van der Waals surface area contributed by atoms with Crippen molar-refractivity contribution in [2.45, 2.75) is 38.4 Å². The molecule has 0 aromatic heterocycles. The highest BCUT2D eigenvalue weighted by Crippen LogP contribution is 2.35. The summed E-state index contributed by atoms with van der Waals surface area (Å²) in [6.45, 7) is 4.68. The van der Waals surface area contributed by atoms with Crippen molar-refractivity contribution >= 4 is 7.85 Å². The third-order valence-corrected chi connectivity index (χ3v) is 3.87. The lowest BCUT2D eigenvalue weighted by molar-refractivity contribution is 0.257. The smallest absolute Gasteiger partial charge is 0.0699 e. The third-order valence-electron chi connectivity index (χ3n) is 3.87. The third kappa shape index (κ3) is 3.68. The largest absolute Gasteiger partial charge is 0.316 e. The van der Waals surface area contributed by atoms with Gasteiger partial charge in [-0.1, -0.05) is 50.6 Å². The van der Waals surface area contributed by atoms with Crippen LogP contribution >= 0.6 is 0 Å². The molecule has 3 atom stereocenters. The Balaban J connectivity index is 1.62. The Morgan fingerprint density at radius 1 is 1.40 bits per heavy atom. The van der Waals surface area contributed by atoms with Crippen LogP contribution in [0.25, 0.3) is 0 Å². The van der Waals surface area contributed by atoms with Gasteiger partial charge in [0.25, 0.3) is 0 Å². The zero-order valence-electron chi connectivity index (χ0n) is 9.78. The van der Waals surface area contributed by atoms with Gasteiger partial charge in [-0.25, -0.2) is 0 Å². The summed E-state index contributed by atoms with van der Waals surface area (Å²) in [7, 11) is 6.02. The van der Waals surface area contributed by atoms with Gasteiger partial charge in [0.2, 0.25) is 0 Å². The van der Waals surface area contributed by atoms with E-state index in [-0.39, 0.29) is 0 Å². The van der Waals surface area contributed by atoms with Gasteiger partial charge in [-0.2, -0.15) is 0 Å². The van der Waals surface area contributed by atoms with Crippen LogP contribution in [0.4, 0.5) is 0 Å². The summed E-state index contributed by atoms with van der Waals surface area (Å²) in [5, 5.41) is 3.56. The van der Waals surface area contributed by atoms with E-state index in [1.54, 1.807) is 0 Å². The lowest BCUT2D eigenvalue weighted by Crippen LogP contribution is -2.30. The van der Waals surface area contributed by atoms with Crippen LogP contribution in [-0.2, 0) is 0 Å². The maximum absolute atomic E-state index is 6.02. The van der Waals surface area contributed by atoms with Crippen LogP contribution in [0.15, 0.2) is 12.2 Å². The van der Waals surface area contributed by atoms with Crippen molar-refractivity contribution in [2.75, 3.05) is 13.1 Å². The predicted molar refractivity (Wildman–Crippen MR) is 66.1 cm³/mol. The van der Waals surface area contributed by atoms with Gasteiger partial charge in [0.1, 0.15) is 0 Å². The lowest BCUT2D eigenvalue weighted by Gasteiger charge is -2.31. The number of nitrogens with one attached hydrogen (secondary N) is 1. The number of hydrogen-bond donors (Lipinski definition) is 1. The highest BCUT2D eigenvalue weighted by Gasteiger charge is 2.23. The van der Waals surface area contributed by atoms with Crippen LogP contribution in [0.5, 0.6) is 0 Å². The summed E-state index contributed by atoms with van der Waals surface area (Å²) in [6, 6.07) is 0. The highest BCUT2D eigenvalue weighted by molar-refractivity contribution is 6.11. The molecule has 2 rings (SSSR count). The number of rotatable bonds is 5. The molecule has 0 aliphatic heterocycles. The van der Waals surface area contributed by atoms with E-state index in [4.69, 9.17) is 7.85 Å². The quantitative estimate of drug-likeness (QED) is 0.534. The van der Waals surface area contributed by atoms with E-state index in [1.165, 1.54) is 25.7 Å². The molecule has 0 saturated heterocycles. The van der Waals surface area contributed by atoms with Crippen molar-refractivity contribution in [1.82, 2.24) is 5.32 Å². The molecule has 0 spiro atoms. The topological polar surface area (TPSA) is 12.0 Å². The molecule has 1 N–H and O–H groups in total. The monoisotopic (exact) mass is 203 g/mol. The summed E-state index contributed by atoms with van der Waals surface area (Å²) in [5.41, 5.74) is 0. The second kappa shape index (κ2) is 5.20. The molecule has 2 heteroatoms. The molecule has 2 aliphatic rings. The van der Waals surface area contributed by atoms with Gasteiger partial charge in [-0.3, -0.25) is 0 Å². The minimum absolute atomic E-state index is 0.469. The summed E-state index contributed by atoms with van der Waals surface area (Å²) < 4.78 is 0. The zero-order chi connectivity index (χ0) is 10.7. The van der Waals surface area contributed by atoms with Gasteiger partial charge in [0, 0.05) is 12.5 Å². The molecule has 2 radical (unpaired) electrons. The average Bonchev–Trinajstić information content (AvgIpc) is 3.01. The SMILES string of the molecule is [B]C1CCCC(C(C)CNCC2C=C2)C1. The van der Waals surface area contributed by atoms with E-state index in [0.717, 1.165) is 30.8 Å². The Kier molecular flexibility index (Phi) is 3.90. The van der Waals surface area contributed by atoms with Crippen LogP contribution in [-0.4, -0.2) is 20.9 Å². The minimum Gasteiger partial charge on any atom is -0.316 e. The Morgan fingerprint density at radius 3 is 2.87 bits per heavy atom. The van der Waals surface area contributed by atoms with Gasteiger partial charge in [-0.15, -0.1) is 0 Å². The van der Waals surface area contributed by atoms with Gasteiger partial charge in [0.15, 0.2) is 0 Å². The van der Waals surface area contributed by atoms with Crippen molar-refractivity contribution in [2.24, 2.45) is 17.8 Å². The first-order chi connectivity index (χ1) is 7.25. The van der Waals surface area contributed by atoms with E-state index in [1.807, 2.05) is 0 Å². The first-order valence-corrected chi connectivity index (χ1v) is 6.40. The first kappa shape index (κ1) is 11.3. The molecule has 0 aromatic carbocycles. The number of hydrogen-bond acceptors (Lipinski definition) is 1. The molecule has 0 amide bonds. The van der Waals surface area contributed by atoms with Crippen LogP contribution in [0.1, 0.15) is 32.6 Å². The molecule has 0 heterocycles. The van der Waals surface area contributed by atoms with Gasteiger partial charge >= 0.3 is 0 Å². The minimum atomic E-state index is 0.469. The Hall–Kier alpha value is -0.235. The average molecular weight is 203 g/mol. The van der Waals surface area contributed by atoms with Gasteiger partial charge in [-0.05, 0) is 18.4 Å². The van der Waals surface area contributed by atoms with Crippen molar-refractivity contribution in [3.05, 3.63) is 12.2 Å². The van der Waals surface area contributed by atoms with Gasteiger partial charge < -0.3 is 5.32 Å². The Labute approximate surface area is 95.1 Å². The van der Waals surface area contributed by atoms with E-state index in [9.17, 15) is 0 Å². The predicted octanol–water partition coefficient (Wildman–Crippen LogP) is 2.55. The van der Waals surface area contributed by atoms with Crippen LogP contribution in [0.3, 0.4) is 0 Å².